The predicted molar refractivity (Wildman–Crippen MR) is 91.7 cm³/mol. The molecule has 6 heteroatoms. The van der Waals surface area contributed by atoms with Gasteiger partial charge in [-0.15, -0.1) is 0 Å². The number of rotatable bonds is 2. The number of phenolic OH excluding ortho intramolecular Hbond substituents is 1. The molecule has 2 aliphatic heterocycles. The number of hydrogen-bond acceptors (Lipinski definition) is 3. The molecule has 2 saturated heterocycles. The molecule has 0 radical (unpaired) electrons. The largest absolute Gasteiger partial charge is 0.508 e. The van der Waals surface area contributed by atoms with Crippen LogP contribution in [0, 0.1) is 17.2 Å². The van der Waals surface area contributed by atoms with E-state index >= 15 is 0 Å². The van der Waals surface area contributed by atoms with Gasteiger partial charge < -0.3 is 14.9 Å². The summed E-state index contributed by atoms with van der Waals surface area (Å²) in [6.07, 6.45) is 5.64. The molecule has 0 unspecified atom stereocenters. The first-order valence-electron chi connectivity index (χ1n) is 8.90. The van der Waals surface area contributed by atoms with Gasteiger partial charge in [0.2, 0.25) is 6.41 Å². The molecular formula is C19H25FN2O3. The Balaban J connectivity index is 0.000000219. The molecule has 0 atom stereocenters. The summed E-state index contributed by atoms with van der Waals surface area (Å²) in [5.41, 5.74) is 0.278. The van der Waals surface area contributed by atoms with E-state index in [0.29, 0.717) is 5.41 Å². The van der Waals surface area contributed by atoms with Gasteiger partial charge >= 0.3 is 0 Å². The Hall–Kier alpha value is -2.11. The smallest absolute Gasteiger partial charge is 0.257 e. The SMILES string of the molecule is CC1CC2(C1)CN(C(=O)c1cc(O)ccc1F)C2.O=CN1CCCC1. The fourth-order valence-electron chi connectivity index (χ4n) is 4.28. The second kappa shape index (κ2) is 7.02. The molecule has 4 rings (SSSR count). The van der Waals surface area contributed by atoms with Crippen molar-refractivity contribution < 1.29 is 19.1 Å². The topological polar surface area (TPSA) is 60.9 Å². The molecule has 1 N–H and O–H groups in total. The Kier molecular flexibility index (Phi) is 4.97. The summed E-state index contributed by atoms with van der Waals surface area (Å²) in [7, 11) is 0. The number of likely N-dealkylation sites (tertiary alicyclic amines) is 2. The fourth-order valence-corrected chi connectivity index (χ4v) is 4.28. The molecule has 1 spiro atoms. The van der Waals surface area contributed by atoms with Gasteiger partial charge in [0.05, 0.1) is 5.56 Å². The van der Waals surface area contributed by atoms with E-state index in [2.05, 4.69) is 6.92 Å². The lowest BCUT2D eigenvalue weighted by molar-refractivity contribution is -0.117. The molecule has 25 heavy (non-hydrogen) atoms. The van der Waals surface area contributed by atoms with Gasteiger partial charge in [-0.3, -0.25) is 9.59 Å². The van der Waals surface area contributed by atoms with Crippen molar-refractivity contribution in [2.24, 2.45) is 11.3 Å². The standard InChI is InChI=1S/C14H16FNO2.C5H9NO/c1-9-5-14(6-9)7-16(8-14)13(18)11-4-10(17)2-3-12(11)15;7-5-6-3-1-2-4-6/h2-4,9,17H,5-8H2,1H3;5H,1-4H2. The highest BCUT2D eigenvalue weighted by atomic mass is 19.1. The van der Waals surface area contributed by atoms with E-state index < -0.39 is 5.82 Å². The zero-order valence-electron chi connectivity index (χ0n) is 14.6. The third-order valence-corrected chi connectivity index (χ3v) is 5.37. The lowest BCUT2D eigenvalue weighted by Gasteiger charge is -2.58. The fraction of sp³-hybridized carbons (Fsp3) is 0.579. The van der Waals surface area contributed by atoms with Crippen LogP contribution < -0.4 is 0 Å². The van der Waals surface area contributed by atoms with Crippen LogP contribution in [0.2, 0.25) is 0 Å². The van der Waals surface area contributed by atoms with Crippen LogP contribution in [-0.4, -0.2) is 53.4 Å². The van der Waals surface area contributed by atoms with E-state index in [0.717, 1.165) is 44.6 Å². The average molecular weight is 348 g/mol. The molecule has 1 aliphatic carbocycles. The van der Waals surface area contributed by atoms with Crippen molar-refractivity contribution in [3.8, 4) is 5.75 Å². The van der Waals surface area contributed by atoms with Gasteiger partial charge in [0, 0.05) is 31.6 Å². The van der Waals surface area contributed by atoms with Gasteiger partial charge in [0.25, 0.3) is 5.91 Å². The molecule has 5 nitrogen and oxygen atoms in total. The minimum atomic E-state index is -0.569. The summed E-state index contributed by atoms with van der Waals surface area (Å²) in [5.74, 6) is -0.207. The van der Waals surface area contributed by atoms with Gasteiger partial charge in [-0.2, -0.15) is 0 Å². The van der Waals surface area contributed by atoms with Crippen LogP contribution in [0.1, 0.15) is 43.0 Å². The van der Waals surface area contributed by atoms with E-state index in [1.54, 1.807) is 9.80 Å². The van der Waals surface area contributed by atoms with Crippen molar-refractivity contribution in [3.63, 3.8) is 0 Å². The minimum absolute atomic E-state index is 0.0304. The molecular weight excluding hydrogens is 323 g/mol. The first-order chi connectivity index (χ1) is 11.9. The molecule has 3 fully saturated rings. The van der Waals surface area contributed by atoms with Crippen molar-refractivity contribution in [1.82, 2.24) is 9.80 Å². The number of benzene rings is 1. The number of phenols is 1. The third-order valence-electron chi connectivity index (χ3n) is 5.37. The van der Waals surface area contributed by atoms with Gasteiger partial charge in [0.1, 0.15) is 11.6 Å². The van der Waals surface area contributed by atoms with Crippen LogP contribution in [0.5, 0.6) is 5.75 Å². The first-order valence-corrected chi connectivity index (χ1v) is 8.90. The van der Waals surface area contributed by atoms with E-state index in [9.17, 15) is 19.1 Å². The molecule has 3 aliphatic rings. The Bertz CT molecular complexity index is 644. The number of halogens is 1. The number of amides is 2. The lowest BCUT2D eigenvalue weighted by atomic mass is 9.58. The van der Waals surface area contributed by atoms with Crippen LogP contribution in [0.4, 0.5) is 4.39 Å². The van der Waals surface area contributed by atoms with Crippen LogP contribution in [0.25, 0.3) is 0 Å². The highest BCUT2D eigenvalue weighted by Gasteiger charge is 2.52. The summed E-state index contributed by atoms with van der Waals surface area (Å²) in [4.78, 5) is 25.5. The monoisotopic (exact) mass is 348 g/mol. The number of carbonyl (C=O) groups is 2. The van der Waals surface area contributed by atoms with Crippen LogP contribution in [-0.2, 0) is 4.79 Å². The Morgan fingerprint density at radius 3 is 2.44 bits per heavy atom. The maximum absolute atomic E-state index is 13.5. The third kappa shape index (κ3) is 3.78. The van der Waals surface area contributed by atoms with Crippen molar-refractivity contribution in [2.45, 2.75) is 32.6 Å². The summed E-state index contributed by atoms with van der Waals surface area (Å²) < 4.78 is 13.5. The van der Waals surface area contributed by atoms with E-state index in [1.165, 1.54) is 37.8 Å². The Morgan fingerprint density at radius 2 is 1.92 bits per heavy atom. The van der Waals surface area contributed by atoms with Crippen molar-refractivity contribution in [3.05, 3.63) is 29.6 Å². The summed E-state index contributed by atoms with van der Waals surface area (Å²) in [6, 6.07) is 3.58. The maximum atomic E-state index is 13.5. The highest BCUT2D eigenvalue weighted by molar-refractivity contribution is 5.95. The molecule has 1 aromatic carbocycles. The molecule has 1 aromatic rings. The minimum Gasteiger partial charge on any atom is -0.508 e. The Morgan fingerprint density at radius 1 is 1.28 bits per heavy atom. The summed E-state index contributed by atoms with van der Waals surface area (Å²) >= 11 is 0. The zero-order chi connectivity index (χ0) is 18.0. The number of carbonyl (C=O) groups excluding carboxylic acids is 2. The predicted octanol–water partition coefficient (Wildman–Crippen LogP) is 2.64. The highest BCUT2D eigenvalue weighted by Crippen LogP contribution is 2.51. The molecule has 0 bridgehead atoms. The average Bonchev–Trinajstić information content (AvgIpc) is 3.05. The van der Waals surface area contributed by atoms with Gasteiger partial charge in [-0.05, 0) is 49.8 Å². The molecule has 136 valence electrons. The van der Waals surface area contributed by atoms with E-state index in [-0.39, 0.29) is 17.2 Å². The summed E-state index contributed by atoms with van der Waals surface area (Å²) in [6.45, 7) is 5.62. The van der Waals surface area contributed by atoms with Crippen molar-refractivity contribution in [1.29, 1.82) is 0 Å². The van der Waals surface area contributed by atoms with Gasteiger partial charge in [-0.1, -0.05) is 6.92 Å². The van der Waals surface area contributed by atoms with E-state index in [4.69, 9.17) is 0 Å². The van der Waals surface area contributed by atoms with Crippen LogP contribution in [0.3, 0.4) is 0 Å². The van der Waals surface area contributed by atoms with Crippen LogP contribution in [0.15, 0.2) is 18.2 Å². The Labute approximate surface area is 147 Å². The second-order valence-corrected chi connectivity index (χ2v) is 7.69. The van der Waals surface area contributed by atoms with Crippen molar-refractivity contribution in [2.75, 3.05) is 26.2 Å². The number of hydrogen-bond donors (Lipinski definition) is 1. The normalized spacial score (nSPS) is 21.2. The van der Waals surface area contributed by atoms with E-state index in [1.807, 2.05) is 0 Å². The van der Waals surface area contributed by atoms with Crippen molar-refractivity contribution >= 4 is 12.3 Å². The molecule has 2 heterocycles. The molecule has 0 aromatic heterocycles. The molecule has 1 saturated carbocycles. The van der Waals surface area contributed by atoms with Crippen LogP contribution >= 0.6 is 0 Å². The lowest BCUT2D eigenvalue weighted by Crippen LogP contribution is -2.63. The summed E-state index contributed by atoms with van der Waals surface area (Å²) in [5, 5.41) is 9.32. The maximum Gasteiger partial charge on any atom is 0.257 e. The first kappa shape index (κ1) is 17.7. The number of nitrogens with zero attached hydrogens (tertiary/aromatic N) is 2. The van der Waals surface area contributed by atoms with Gasteiger partial charge in [0.15, 0.2) is 0 Å². The second-order valence-electron chi connectivity index (χ2n) is 7.69. The molecule has 2 amide bonds. The van der Waals surface area contributed by atoms with Gasteiger partial charge in [-0.25, -0.2) is 4.39 Å². The zero-order valence-corrected chi connectivity index (χ0v) is 14.6. The quantitative estimate of drug-likeness (QED) is 0.836. The number of aromatic hydroxyl groups is 1.